The monoisotopic (exact) mass is 232 g/mol. The first-order valence-electron chi connectivity index (χ1n) is 5.21. The largest absolute Gasteiger partial charge is 0.508 e. The van der Waals surface area contributed by atoms with E-state index in [1.807, 2.05) is 25.1 Å². The fourth-order valence-corrected chi connectivity index (χ4v) is 1.19. The summed E-state index contributed by atoms with van der Waals surface area (Å²) in [6.45, 7) is 1.87. The predicted molar refractivity (Wildman–Crippen MR) is 67.5 cm³/mol. The normalized spacial score (nSPS) is 9.06. The molecule has 0 bridgehead atoms. The van der Waals surface area contributed by atoms with Crippen LogP contribution < -0.4 is 4.74 Å². The predicted octanol–water partition coefficient (Wildman–Crippen LogP) is 3.10. The number of aryl methyl sites for hydroxylation is 1. The summed E-state index contributed by atoms with van der Waals surface area (Å²) in [6.07, 6.45) is 0. The van der Waals surface area contributed by atoms with Crippen LogP contribution in [0.3, 0.4) is 0 Å². The second kappa shape index (κ2) is 6.43. The van der Waals surface area contributed by atoms with Gasteiger partial charge in [-0.2, -0.15) is 0 Å². The Balaban J connectivity index is 0.000000171. The highest BCUT2D eigenvalue weighted by molar-refractivity contribution is 5.37. The highest BCUT2D eigenvalue weighted by atomic mass is 16.5. The molecule has 0 spiro atoms. The first-order valence-corrected chi connectivity index (χ1v) is 5.21. The Kier molecular flexibility index (Phi) is 4.88. The van der Waals surface area contributed by atoms with Crippen LogP contribution in [-0.2, 0) is 0 Å². The second-order valence-electron chi connectivity index (χ2n) is 3.46. The summed E-state index contributed by atoms with van der Waals surface area (Å²) in [6, 6.07) is 14.1. The fourth-order valence-electron chi connectivity index (χ4n) is 1.19. The topological polar surface area (TPSA) is 49.7 Å². The van der Waals surface area contributed by atoms with Gasteiger partial charge in [0.2, 0.25) is 0 Å². The van der Waals surface area contributed by atoms with Crippen LogP contribution in [0.15, 0.2) is 48.5 Å². The molecule has 2 aromatic carbocycles. The van der Waals surface area contributed by atoms with Gasteiger partial charge in [-0.25, -0.2) is 0 Å². The van der Waals surface area contributed by atoms with Gasteiger partial charge in [0, 0.05) is 0 Å². The molecule has 0 unspecified atom stereocenters. The van der Waals surface area contributed by atoms with Gasteiger partial charge in [-0.05, 0) is 30.7 Å². The lowest BCUT2D eigenvalue weighted by atomic mass is 10.2. The quantitative estimate of drug-likeness (QED) is 0.794. The van der Waals surface area contributed by atoms with Crippen molar-refractivity contribution in [1.82, 2.24) is 0 Å². The summed E-state index contributed by atoms with van der Waals surface area (Å²) < 4.78 is 4.79. The molecule has 0 amide bonds. The van der Waals surface area contributed by atoms with E-state index in [1.54, 1.807) is 30.3 Å². The maximum absolute atomic E-state index is 8.99. The summed E-state index contributed by atoms with van der Waals surface area (Å²) in [7, 11) is 1.52. The van der Waals surface area contributed by atoms with Crippen molar-refractivity contribution in [2.24, 2.45) is 0 Å². The fraction of sp³-hybridized carbons (Fsp3) is 0.143. The molecule has 17 heavy (non-hydrogen) atoms. The molecule has 0 saturated heterocycles. The van der Waals surface area contributed by atoms with Crippen LogP contribution in [0.2, 0.25) is 0 Å². The lowest BCUT2D eigenvalue weighted by Crippen LogP contribution is -1.80. The van der Waals surface area contributed by atoms with E-state index in [4.69, 9.17) is 14.9 Å². The van der Waals surface area contributed by atoms with Crippen molar-refractivity contribution >= 4 is 0 Å². The molecule has 2 aromatic rings. The van der Waals surface area contributed by atoms with Crippen LogP contribution in [0.5, 0.6) is 17.2 Å². The molecule has 0 aliphatic heterocycles. The van der Waals surface area contributed by atoms with Gasteiger partial charge in [-0.1, -0.05) is 30.3 Å². The van der Waals surface area contributed by atoms with Gasteiger partial charge < -0.3 is 14.9 Å². The Morgan fingerprint density at radius 3 is 1.71 bits per heavy atom. The minimum absolute atomic E-state index is 0.181. The standard InChI is InChI=1S/C7H8O2.C7H8O/c1-9-7-5-3-2-4-6(7)8;1-6-4-2-3-5-7(6)8/h2-5,8H,1H3;2-5,8H,1H3. The highest BCUT2D eigenvalue weighted by Gasteiger charge is 1.94. The van der Waals surface area contributed by atoms with Gasteiger partial charge in [0.1, 0.15) is 5.75 Å². The molecule has 0 saturated carbocycles. The number of hydrogen-bond acceptors (Lipinski definition) is 3. The third-order valence-electron chi connectivity index (χ3n) is 2.20. The molecule has 0 aliphatic carbocycles. The van der Waals surface area contributed by atoms with Gasteiger partial charge in [-0.15, -0.1) is 0 Å². The van der Waals surface area contributed by atoms with Crippen LogP contribution in [0.1, 0.15) is 5.56 Å². The zero-order chi connectivity index (χ0) is 12.7. The Bertz CT molecular complexity index is 446. The molecule has 0 radical (unpaired) electrons. The van der Waals surface area contributed by atoms with Gasteiger partial charge in [0.25, 0.3) is 0 Å². The summed E-state index contributed by atoms with van der Waals surface area (Å²) in [5, 5.41) is 17.9. The number of benzene rings is 2. The molecule has 2 N–H and O–H groups in total. The van der Waals surface area contributed by atoms with Gasteiger partial charge in [0.05, 0.1) is 7.11 Å². The van der Waals surface area contributed by atoms with Gasteiger partial charge in [-0.3, -0.25) is 0 Å². The maximum atomic E-state index is 8.99. The molecule has 90 valence electrons. The molecule has 0 atom stereocenters. The molecule has 3 heteroatoms. The average molecular weight is 232 g/mol. The van der Waals surface area contributed by atoms with Crippen molar-refractivity contribution in [3.05, 3.63) is 54.1 Å². The Labute approximate surface area is 101 Å². The van der Waals surface area contributed by atoms with E-state index in [0.29, 0.717) is 11.5 Å². The summed E-state index contributed by atoms with van der Waals surface area (Å²) in [5.74, 6) is 1.06. The highest BCUT2D eigenvalue weighted by Crippen LogP contribution is 2.23. The minimum atomic E-state index is 0.181. The second-order valence-corrected chi connectivity index (χ2v) is 3.46. The van der Waals surface area contributed by atoms with Crippen LogP contribution in [-0.4, -0.2) is 17.3 Å². The number of ether oxygens (including phenoxy) is 1. The van der Waals surface area contributed by atoms with Gasteiger partial charge >= 0.3 is 0 Å². The Hall–Kier alpha value is -2.16. The first kappa shape index (κ1) is 12.9. The summed E-state index contributed by atoms with van der Waals surface area (Å²) in [4.78, 5) is 0. The number of phenolic OH excluding ortho intramolecular Hbond substituents is 2. The van der Waals surface area contributed by atoms with E-state index in [9.17, 15) is 0 Å². The van der Waals surface area contributed by atoms with E-state index in [1.165, 1.54) is 7.11 Å². The van der Waals surface area contributed by atoms with Gasteiger partial charge in [0.15, 0.2) is 11.5 Å². The molecule has 0 fully saturated rings. The van der Waals surface area contributed by atoms with Crippen LogP contribution >= 0.6 is 0 Å². The van der Waals surface area contributed by atoms with E-state index < -0.39 is 0 Å². The zero-order valence-corrected chi connectivity index (χ0v) is 9.92. The number of rotatable bonds is 1. The third-order valence-corrected chi connectivity index (χ3v) is 2.20. The zero-order valence-electron chi connectivity index (χ0n) is 9.92. The number of hydrogen-bond donors (Lipinski definition) is 2. The number of phenols is 2. The maximum Gasteiger partial charge on any atom is 0.160 e. The van der Waals surface area contributed by atoms with Crippen LogP contribution in [0.25, 0.3) is 0 Å². The molecular formula is C14H16O3. The van der Waals surface area contributed by atoms with Crippen molar-refractivity contribution in [3.63, 3.8) is 0 Å². The van der Waals surface area contributed by atoms with E-state index in [-0.39, 0.29) is 5.75 Å². The average Bonchev–Trinajstić information content (AvgIpc) is 2.34. The summed E-state index contributed by atoms with van der Waals surface area (Å²) >= 11 is 0. The molecule has 0 heterocycles. The molecule has 2 rings (SSSR count). The molecule has 3 nitrogen and oxygen atoms in total. The SMILES string of the molecule is COc1ccccc1O.Cc1ccccc1O. The van der Waals surface area contributed by atoms with Crippen LogP contribution in [0.4, 0.5) is 0 Å². The van der Waals surface area contributed by atoms with E-state index >= 15 is 0 Å². The molecule has 0 aliphatic rings. The van der Waals surface area contributed by atoms with E-state index in [2.05, 4.69) is 0 Å². The third kappa shape index (κ3) is 4.07. The lowest BCUT2D eigenvalue weighted by Gasteiger charge is -1.99. The first-order chi connectivity index (χ1) is 8.15. The summed E-state index contributed by atoms with van der Waals surface area (Å²) in [5.41, 5.74) is 0.924. The Morgan fingerprint density at radius 2 is 1.35 bits per heavy atom. The molecular weight excluding hydrogens is 216 g/mol. The van der Waals surface area contributed by atoms with Crippen LogP contribution in [0, 0.1) is 6.92 Å². The number of aromatic hydroxyl groups is 2. The minimum Gasteiger partial charge on any atom is -0.508 e. The van der Waals surface area contributed by atoms with Crippen molar-refractivity contribution in [3.8, 4) is 17.2 Å². The van der Waals surface area contributed by atoms with E-state index in [0.717, 1.165) is 5.56 Å². The molecule has 0 aromatic heterocycles. The van der Waals surface area contributed by atoms with Crippen molar-refractivity contribution < 1.29 is 14.9 Å². The Morgan fingerprint density at radius 1 is 0.824 bits per heavy atom. The number of methoxy groups -OCH3 is 1. The van der Waals surface area contributed by atoms with Crippen molar-refractivity contribution in [1.29, 1.82) is 0 Å². The van der Waals surface area contributed by atoms with Crippen molar-refractivity contribution in [2.75, 3.05) is 7.11 Å². The smallest absolute Gasteiger partial charge is 0.160 e. The van der Waals surface area contributed by atoms with Crippen molar-refractivity contribution in [2.45, 2.75) is 6.92 Å². The lowest BCUT2D eigenvalue weighted by molar-refractivity contribution is 0.373. The number of para-hydroxylation sites is 3.